The third-order valence-electron chi connectivity index (χ3n) is 3.11. The molecule has 0 aliphatic heterocycles. The van der Waals surface area contributed by atoms with Crippen molar-refractivity contribution in [1.82, 2.24) is 4.57 Å². The van der Waals surface area contributed by atoms with Gasteiger partial charge in [0.1, 0.15) is 11.9 Å². The average Bonchev–Trinajstić information content (AvgIpc) is 2.60. The van der Waals surface area contributed by atoms with Crippen LogP contribution < -0.4 is 0 Å². The van der Waals surface area contributed by atoms with Crippen LogP contribution in [0.2, 0.25) is 0 Å². The highest BCUT2D eigenvalue weighted by molar-refractivity contribution is 5.64. The van der Waals surface area contributed by atoms with Gasteiger partial charge in [0, 0.05) is 18.4 Å². The molecular formula is C14H13FN2. The molecule has 0 saturated carbocycles. The van der Waals surface area contributed by atoms with Crippen molar-refractivity contribution in [2.45, 2.75) is 13.8 Å². The lowest BCUT2D eigenvalue weighted by atomic mass is 10.1. The second-order valence-corrected chi connectivity index (χ2v) is 4.16. The van der Waals surface area contributed by atoms with Gasteiger partial charge in [-0.15, -0.1) is 0 Å². The van der Waals surface area contributed by atoms with Crippen LogP contribution in [0, 0.1) is 31.0 Å². The number of halogens is 1. The summed E-state index contributed by atoms with van der Waals surface area (Å²) in [6.07, 6.45) is 0. The van der Waals surface area contributed by atoms with Crippen LogP contribution in [0.25, 0.3) is 11.3 Å². The summed E-state index contributed by atoms with van der Waals surface area (Å²) in [5.74, 6) is -0.208. The van der Waals surface area contributed by atoms with E-state index < -0.39 is 0 Å². The van der Waals surface area contributed by atoms with Gasteiger partial charge in [0.05, 0.1) is 5.56 Å². The van der Waals surface area contributed by atoms with Gasteiger partial charge in [0.2, 0.25) is 0 Å². The van der Waals surface area contributed by atoms with Gasteiger partial charge in [-0.05, 0) is 49.2 Å². The van der Waals surface area contributed by atoms with Crippen molar-refractivity contribution < 1.29 is 4.39 Å². The summed E-state index contributed by atoms with van der Waals surface area (Å²) in [5, 5.41) is 8.98. The van der Waals surface area contributed by atoms with E-state index in [1.807, 2.05) is 24.6 Å². The average molecular weight is 228 g/mol. The van der Waals surface area contributed by atoms with Crippen molar-refractivity contribution in [3.8, 4) is 17.3 Å². The summed E-state index contributed by atoms with van der Waals surface area (Å²) >= 11 is 0. The predicted octanol–water partition coefficient (Wildman–Crippen LogP) is 3.32. The number of hydrogen-bond donors (Lipinski definition) is 0. The lowest BCUT2D eigenvalue weighted by Crippen LogP contribution is -1.95. The fraction of sp³-hybridized carbons (Fsp3) is 0.214. The maximum atomic E-state index is 13.2. The van der Waals surface area contributed by atoms with Crippen LogP contribution in [0.4, 0.5) is 4.39 Å². The molecular weight excluding hydrogens is 215 g/mol. The van der Waals surface area contributed by atoms with E-state index in [0.29, 0.717) is 11.1 Å². The minimum absolute atomic E-state index is 0.208. The Kier molecular flexibility index (Phi) is 2.72. The molecule has 0 aliphatic carbocycles. The van der Waals surface area contributed by atoms with Gasteiger partial charge < -0.3 is 4.57 Å². The van der Waals surface area contributed by atoms with Gasteiger partial charge in [-0.2, -0.15) is 5.26 Å². The van der Waals surface area contributed by atoms with E-state index in [0.717, 1.165) is 17.0 Å². The first-order valence-electron chi connectivity index (χ1n) is 5.37. The molecule has 1 heterocycles. The second kappa shape index (κ2) is 4.06. The highest BCUT2D eigenvalue weighted by atomic mass is 19.1. The molecule has 0 atom stereocenters. The first-order valence-corrected chi connectivity index (χ1v) is 5.37. The smallest absolute Gasteiger partial charge is 0.126 e. The zero-order chi connectivity index (χ0) is 12.6. The van der Waals surface area contributed by atoms with Crippen molar-refractivity contribution in [2.75, 3.05) is 0 Å². The molecule has 0 amide bonds. The molecule has 2 rings (SSSR count). The number of rotatable bonds is 1. The maximum Gasteiger partial charge on any atom is 0.126 e. The zero-order valence-corrected chi connectivity index (χ0v) is 10.1. The van der Waals surface area contributed by atoms with E-state index in [4.69, 9.17) is 5.26 Å². The molecule has 2 aromatic rings. The first-order chi connectivity index (χ1) is 8.04. The summed E-state index contributed by atoms with van der Waals surface area (Å²) in [4.78, 5) is 0. The van der Waals surface area contributed by atoms with Crippen LogP contribution in [-0.2, 0) is 7.05 Å². The highest BCUT2D eigenvalue weighted by Crippen LogP contribution is 2.25. The molecule has 1 aromatic carbocycles. The lowest BCUT2D eigenvalue weighted by molar-refractivity contribution is 0.618. The molecule has 86 valence electrons. The summed E-state index contributed by atoms with van der Waals surface area (Å²) in [6.45, 7) is 3.64. The van der Waals surface area contributed by atoms with Crippen molar-refractivity contribution in [2.24, 2.45) is 7.05 Å². The molecule has 3 heteroatoms. The molecule has 0 unspecified atom stereocenters. The lowest BCUT2D eigenvalue weighted by Gasteiger charge is -2.06. The van der Waals surface area contributed by atoms with E-state index in [2.05, 4.69) is 6.07 Å². The number of nitrogens with zero attached hydrogens (tertiary/aromatic N) is 2. The number of aromatic nitrogens is 1. The van der Waals surface area contributed by atoms with Gasteiger partial charge >= 0.3 is 0 Å². The maximum absolute atomic E-state index is 13.2. The first kappa shape index (κ1) is 11.4. The van der Waals surface area contributed by atoms with Crippen LogP contribution in [0.5, 0.6) is 0 Å². The molecule has 0 spiro atoms. The quantitative estimate of drug-likeness (QED) is 0.736. The number of aryl methyl sites for hydroxylation is 1. The number of nitriles is 1. The third-order valence-corrected chi connectivity index (χ3v) is 3.11. The minimum Gasteiger partial charge on any atom is -0.347 e. The van der Waals surface area contributed by atoms with Crippen molar-refractivity contribution >= 4 is 0 Å². The van der Waals surface area contributed by atoms with Crippen molar-refractivity contribution in [1.29, 1.82) is 5.26 Å². The summed E-state index contributed by atoms with van der Waals surface area (Å²) in [6, 6.07) is 8.98. The predicted molar refractivity (Wildman–Crippen MR) is 65.0 cm³/mol. The van der Waals surface area contributed by atoms with Crippen LogP contribution in [0.1, 0.15) is 16.8 Å². The zero-order valence-electron chi connectivity index (χ0n) is 10.1. The Balaban J connectivity index is 2.61. The van der Waals surface area contributed by atoms with E-state index >= 15 is 0 Å². The standard InChI is InChI=1S/C14H13FN2/c1-9-6-11(4-5-13(9)15)14-7-12(8-16)10(2)17(14)3/h4-7H,1-3H3. The molecule has 0 fully saturated rings. The molecule has 2 nitrogen and oxygen atoms in total. The van der Waals surface area contributed by atoms with E-state index in [-0.39, 0.29) is 5.82 Å². The third kappa shape index (κ3) is 1.83. The Morgan fingerprint density at radius 1 is 1.24 bits per heavy atom. The molecule has 1 aromatic heterocycles. The van der Waals surface area contributed by atoms with E-state index in [9.17, 15) is 4.39 Å². The van der Waals surface area contributed by atoms with Crippen LogP contribution >= 0.6 is 0 Å². The SMILES string of the molecule is Cc1cc(-c2cc(C#N)c(C)n2C)ccc1F. The van der Waals surface area contributed by atoms with Crippen LogP contribution in [0.15, 0.2) is 24.3 Å². The fourth-order valence-electron chi connectivity index (χ4n) is 1.89. The molecule has 17 heavy (non-hydrogen) atoms. The molecule has 0 saturated heterocycles. The number of hydrogen-bond acceptors (Lipinski definition) is 1. The van der Waals surface area contributed by atoms with Gasteiger partial charge in [-0.3, -0.25) is 0 Å². The molecule has 0 aliphatic rings. The Morgan fingerprint density at radius 2 is 1.94 bits per heavy atom. The molecule has 0 bridgehead atoms. The summed E-state index contributed by atoms with van der Waals surface area (Å²) in [7, 11) is 1.91. The normalized spacial score (nSPS) is 10.3. The van der Waals surface area contributed by atoms with Crippen LogP contribution in [-0.4, -0.2) is 4.57 Å². The topological polar surface area (TPSA) is 28.7 Å². The molecule has 0 radical (unpaired) electrons. The Bertz CT molecular complexity index is 618. The minimum atomic E-state index is -0.208. The largest absolute Gasteiger partial charge is 0.347 e. The van der Waals surface area contributed by atoms with E-state index in [1.54, 1.807) is 19.1 Å². The monoisotopic (exact) mass is 228 g/mol. The van der Waals surface area contributed by atoms with Crippen molar-refractivity contribution in [3.05, 3.63) is 46.9 Å². The van der Waals surface area contributed by atoms with E-state index in [1.165, 1.54) is 6.07 Å². The molecule has 0 N–H and O–H groups in total. The van der Waals surface area contributed by atoms with Gasteiger partial charge in [-0.25, -0.2) is 4.39 Å². The van der Waals surface area contributed by atoms with Crippen LogP contribution in [0.3, 0.4) is 0 Å². The number of benzene rings is 1. The van der Waals surface area contributed by atoms with Gasteiger partial charge in [0.15, 0.2) is 0 Å². The van der Waals surface area contributed by atoms with Gasteiger partial charge in [-0.1, -0.05) is 0 Å². The fourth-order valence-corrected chi connectivity index (χ4v) is 1.89. The second-order valence-electron chi connectivity index (χ2n) is 4.16. The summed E-state index contributed by atoms with van der Waals surface area (Å²) in [5.41, 5.74) is 4.05. The van der Waals surface area contributed by atoms with Gasteiger partial charge in [0.25, 0.3) is 0 Å². The Hall–Kier alpha value is -2.08. The highest BCUT2D eigenvalue weighted by Gasteiger charge is 2.11. The van der Waals surface area contributed by atoms with Crippen molar-refractivity contribution in [3.63, 3.8) is 0 Å². The Labute approximate surface area is 99.9 Å². The Morgan fingerprint density at radius 3 is 2.47 bits per heavy atom. The summed E-state index contributed by atoms with van der Waals surface area (Å²) < 4.78 is 15.2.